The highest BCUT2D eigenvalue weighted by molar-refractivity contribution is 6.06. The zero-order valence-corrected chi connectivity index (χ0v) is 16.2. The van der Waals surface area contributed by atoms with Gasteiger partial charge in [-0.05, 0) is 37.6 Å². The number of benzene rings is 2. The van der Waals surface area contributed by atoms with E-state index in [9.17, 15) is 18.0 Å². The number of aryl methyl sites for hydroxylation is 1. The molecule has 0 radical (unpaired) electrons. The average molecular weight is 401 g/mol. The van der Waals surface area contributed by atoms with Gasteiger partial charge < -0.3 is 15.2 Å². The summed E-state index contributed by atoms with van der Waals surface area (Å²) in [7, 11) is 0. The van der Waals surface area contributed by atoms with Gasteiger partial charge in [-0.3, -0.25) is 4.79 Å². The fourth-order valence-corrected chi connectivity index (χ4v) is 3.17. The van der Waals surface area contributed by atoms with Gasteiger partial charge in [0, 0.05) is 17.9 Å². The molecule has 0 aliphatic rings. The molecule has 1 amide bonds. The minimum Gasteiger partial charge on any atom is -0.375 e. The second-order valence-corrected chi connectivity index (χ2v) is 6.82. The lowest BCUT2D eigenvalue weighted by atomic mass is 10.2. The number of anilines is 2. The van der Waals surface area contributed by atoms with Gasteiger partial charge in [-0.1, -0.05) is 42.5 Å². The summed E-state index contributed by atoms with van der Waals surface area (Å²) >= 11 is 0. The lowest BCUT2D eigenvalue weighted by Crippen LogP contribution is -2.22. The topological polar surface area (TPSA) is 46.1 Å². The fourth-order valence-electron chi connectivity index (χ4n) is 3.17. The van der Waals surface area contributed by atoms with Crippen LogP contribution < -0.4 is 10.6 Å². The molecular formula is C22H22F3N3O. The first-order valence-corrected chi connectivity index (χ1v) is 9.16. The third-order valence-corrected chi connectivity index (χ3v) is 4.66. The van der Waals surface area contributed by atoms with E-state index >= 15 is 0 Å². The van der Waals surface area contributed by atoms with E-state index in [-0.39, 0.29) is 11.6 Å². The van der Waals surface area contributed by atoms with Gasteiger partial charge in [-0.15, -0.1) is 0 Å². The van der Waals surface area contributed by atoms with Crippen LogP contribution in [0.4, 0.5) is 24.5 Å². The molecule has 0 unspecified atom stereocenters. The third kappa shape index (κ3) is 5.19. The molecule has 1 aromatic heterocycles. The van der Waals surface area contributed by atoms with E-state index in [0.717, 1.165) is 17.0 Å². The maximum Gasteiger partial charge on any atom is 0.405 e. The zero-order chi connectivity index (χ0) is 21.0. The van der Waals surface area contributed by atoms with Crippen molar-refractivity contribution in [2.75, 3.05) is 17.2 Å². The van der Waals surface area contributed by atoms with E-state index in [1.807, 2.05) is 48.7 Å². The first-order chi connectivity index (χ1) is 13.7. The summed E-state index contributed by atoms with van der Waals surface area (Å²) < 4.78 is 39.6. The lowest BCUT2D eigenvalue weighted by Gasteiger charge is -2.14. The molecule has 1 heterocycles. The summed E-state index contributed by atoms with van der Waals surface area (Å²) in [6, 6.07) is 18.0. The molecule has 2 aromatic carbocycles. The van der Waals surface area contributed by atoms with Crippen molar-refractivity contribution in [3.63, 3.8) is 0 Å². The summed E-state index contributed by atoms with van der Waals surface area (Å²) in [6.07, 6.45) is -4.35. The normalized spacial score (nSPS) is 11.3. The van der Waals surface area contributed by atoms with Crippen LogP contribution in [0.5, 0.6) is 0 Å². The van der Waals surface area contributed by atoms with Crippen LogP contribution in [0.2, 0.25) is 0 Å². The molecule has 0 aliphatic heterocycles. The number of nitrogens with one attached hydrogen (secondary N) is 2. The van der Waals surface area contributed by atoms with Gasteiger partial charge >= 0.3 is 6.18 Å². The number of aromatic nitrogens is 1. The zero-order valence-electron chi connectivity index (χ0n) is 16.2. The predicted octanol–water partition coefficient (Wildman–Crippen LogP) is 5.38. The number of carbonyl (C=O) groups is 1. The van der Waals surface area contributed by atoms with E-state index in [1.165, 1.54) is 6.07 Å². The number of amides is 1. The number of nitrogens with zero attached hydrogens (tertiary/aromatic N) is 1. The molecule has 152 valence electrons. The summed E-state index contributed by atoms with van der Waals surface area (Å²) in [5.74, 6) is -0.362. The number of hydrogen-bond donors (Lipinski definition) is 2. The number of alkyl halides is 3. The van der Waals surface area contributed by atoms with Crippen molar-refractivity contribution in [2.24, 2.45) is 0 Å². The lowest BCUT2D eigenvalue weighted by molar-refractivity contribution is -0.115. The molecule has 3 rings (SSSR count). The fraction of sp³-hybridized carbons (Fsp3) is 0.227. The molecule has 7 heteroatoms. The van der Waals surface area contributed by atoms with Gasteiger partial charge in [0.2, 0.25) is 0 Å². The molecule has 0 bridgehead atoms. The van der Waals surface area contributed by atoms with Crippen LogP contribution in [0.1, 0.15) is 27.3 Å². The minimum atomic E-state index is -4.35. The third-order valence-electron chi connectivity index (χ3n) is 4.66. The Kier molecular flexibility index (Phi) is 5.96. The Labute approximate surface area is 167 Å². The molecule has 0 fully saturated rings. The standard InChI is InChI=1S/C22H22F3N3O/c1-15-12-18(16(2)28(15)13-17-8-4-3-5-9-17)21(29)27-20-11-7-6-10-19(20)26-14-22(23,24)25/h3-12,26H,13-14H2,1-2H3,(H,27,29). The SMILES string of the molecule is Cc1cc(C(=O)Nc2ccccc2NCC(F)(F)F)c(C)n1Cc1ccccc1. The van der Waals surface area contributed by atoms with Gasteiger partial charge in [-0.25, -0.2) is 0 Å². The number of hydrogen-bond acceptors (Lipinski definition) is 2. The predicted molar refractivity (Wildman–Crippen MR) is 108 cm³/mol. The monoisotopic (exact) mass is 401 g/mol. The van der Waals surface area contributed by atoms with Gasteiger partial charge in [0.1, 0.15) is 6.54 Å². The van der Waals surface area contributed by atoms with E-state index in [0.29, 0.717) is 17.8 Å². The Morgan fingerprint density at radius 1 is 0.966 bits per heavy atom. The highest BCUT2D eigenvalue weighted by Gasteiger charge is 2.27. The summed E-state index contributed by atoms with van der Waals surface area (Å²) in [5, 5.41) is 5.06. The first kappa shape index (κ1) is 20.5. The second-order valence-electron chi connectivity index (χ2n) is 6.82. The Bertz CT molecular complexity index is 994. The molecule has 0 saturated heterocycles. The average Bonchev–Trinajstić information content (AvgIpc) is 2.96. The molecule has 0 spiro atoms. The van der Waals surface area contributed by atoms with Crippen molar-refractivity contribution >= 4 is 17.3 Å². The van der Waals surface area contributed by atoms with Gasteiger partial charge in [0.15, 0.2) is 0 Å². The molecule has 3 aromatic rings. The summed E-state index contributed by atoms with van der Waals surface area (Å²) in [4.78, 5) is 12.8. The van der Waals surface area contributed by atoms with Crippen molar-refractivity contribution in [3.8, 4) is 0 Å². The van der Waals surface area contributed by atoms with Crippen molar-refractivity contribution in [1.29, 1.82) is 0 Å². The molecule has 4 nitrogen and oxygen atoms in total. The van der Waals surface area contributed by atoms with Crippen molar-refractivity contribution in [2.45, 2.75) is 26.6 Å². The van der Waals surface area contributed by atoms with Crippen molar-refractivity contribution < 1.29 is 18.0 Å². The Hall–Kier alpha value is -3.22. The highest BCUT2D eigenvalue weighted by atomic mass is 19.4. The van der Waals surface area contributed by atoms with E-state index in [4.69, 9.17) is 0 Å². The van der Waals surface area contributed by atoms with Gasteiger partial charge in [0.05, 0.1) is 16.9 Å². The van der Waals surface area contributed by atoms with Gasteiger partial charge in [-0.2, -0.15) is 13.2 Å². The van der Waals surface area contributed by atoms with Crippen LogP contribution in [0.3, 0.4) is 0 Å². The molecule has 0 saturated carbocycles. The van der Waals surface area contributed by atoms with Crippen LogP contribution >= 0.6 is 0 Å². The van der Waals surface area contributed by atoms with Crippen LogP contribution in [0.25, 0.3) is 0 Å². The van der Waals surface area contributed by atoms with Crippen molar-refractivity contribution in [1.82, 2.24) is 4.57 Å². The quantitative estimate of drug-likeness (QED) is 0.583. The van der Waals surface area contributed by atoms with Gasteiger partial charge in [0.25, 0.3) is 5.91 Å². The molecule has 29 heavy (non-hydrogen) atoms. The van der Waals surface area contributed by atoms with E-state index in [2.05, 4.69) is 10.6 Å². The molecular weight excluding hydrogens is 379 g/mol. The van der Waals surface area contributed by atoms with Crippen LogP contribution in [0.15, 0.2) is 60.7 Å². The number of carbonyl (C=O) groups excluding carboxylic acids is 1. The number of para-hydroxylation sites is 2. The molecule has 2 N–H and O–H groups in total. The summed E-state index contributed by atoms with van der Waals surface area (Å²) in [5.41, 5.74) is 3.85. The number of halogens is 3. The highest BCUT2D eigenvalue weighted by Crippen LogP contribution is 2.25. The smallest absolute Gasteiger partial charge is 0.375 e. The maximum absolute atomic E-state index is 12.8. The van der Waals surface area contributed by atoms with E-state index in [1.54, 1.807) is 24.3 Å². The minimum absolute atomic E-state index is 0.219. The Morgan fingerprint density at radius 2 is 1.59 bits per heavy atom. The first-order valence-electron chi connectivity index (χ1n) is 9.16. The molecule has 0 atom stereocenters. The Morgan fingerprint density at radius 3 is 2.24 bits per heavy atom. The van der Waals surface area contributed by atoms with Crippen LogP contribution in [-0.2, 0) is 6.54 Å². The molecule has 0 aliphatic carbocycles. The summed E-state index contributed by atoms with van der Waals surface area (Å²) in [6.45, 7) is 3.24. The second kappa shape index (κ2) is 8.43. The van der Waals surface area contributed by atoms with Crippen LogP contribution in [0, 0.1) is 13.8 Å². The van der Waals surface area contributed by atoms with E-state index < -0.39 is 12.7 Å². The van der Waals surface area contributed by atoms with Crippen molar-refractivity contribution in [3.05, 3.63) is 83.2 Å². The largest absolute Gasteiger partial charge is 0.405 e. The number of rotatable bonds is 6. The maximum atomic E-state index is 12.8. The van der Waals surface area contributed by atoms with Crippen LogP contribution in [-0.4, -0.2) is 23.2 Å². The Balaban J connectivity index is 1.79.